The van der Waals surface area contributed by atoms with Crippen molar-refractivity contribution in [2.75, 3.05) is 32.7 Å². The number of rotatable bonds is 5. The molecule has 1 aromatic rings. The number of nitrogens with one attached hydrogen (secondary N) is 1. The largest absolute Gasteiger partial charge is 0.342 e. The SMILES string of the molecule is CCCNC(=O)N1CCC[C@@]2(CCC(=O)N(CCc3ccccn3)C2)C1. The van der Waals surface area contributed by atoms with E-state index in [-0.39, 0.29) is 17.4 Å². The molecule has 2 aliphatic heterocycles. The van der Waals surface area contributed by atoms with E-state index in [1.807, 2.05) is 28.0 Å². The Kier molecular flexibility index (Phi) is 6.12. The maximum Gasteiger partial charge on any atom is 0.317 e. The molecule has 26 heavy (non-hydrogen) atoms. The summed E-state index contributed by atoms with van der Waals surface area (Å²) in [4.78, 5) is 33.1. The van der Waals surface area contributed by atoms with E-state index in [9.17, 15) is 9.59 Å². The summed E-state index contributed by atoms with van der Waals surface area (Å²) in [6.07, 6.45) is 7.11. The molecular weight excluding hydrogens is 328 g/mol. The van der Waals surface area contributed by atoms with Gasteiger partial charge in [-0.2, -0.15) is 0 Å². The highest BCUT2D eigenvalue weighted by Crippen LogP contribution is 2.38. The first-order valence-electron chi connectivity index (χ1n) is 9.82. The van der Waals surface area contributed by atoms with Crippen LogP contribution in [0.5, 0.6) is 0 Å². The summed E-state index contributed by atoms with van der Waals surface area (Å²) in [6, 6.07) is 5.94. The van der Waals surface area contributed by atoms with Gasteiger partial charge in [-0.1, -0.05) is 13.0 Å². The second-order valence-corrected chi connectivity index (χ2v) is 7.64. The van der Waals surface area contributed by atoms with Gasteiger partial charge in [-0.15, -0.1) is 0 Å². The Hall–Kier alpha value is -2.11. The molecule has 1 spiro atoms. The summed E-state index contributed by atoms with van der Waals surface area (Å²) in [7, 11) is 0. The molecule has 6 heteroatoms. The van der Waals surface area contributed by atoms with Crippen LogP contribution in [0.15, 0.2) is 24.4 Å². The molecule has 2 fully saturated rings. The van der Waals surface area contributed by atoms with Gasteiger partial charge in [-0.05, 0) is 37.8 Å². The molecule has 1 atom stereocenters. The summed E-state index contributed by atoms with van der Waals surface area (Å²) in [5.74, 6) is 0.235. The van der Waals surface area contributed by atoms with Crippen molar-refractivity contribution < 1.29 is 9.59 Å². The molecule has 142 valence electrons. The number of nitrogens with zero attached hydrogens (tertiary/aromatic N) is 3. The average Bonchev–Trinajstić information content (AvgIpc) is 2.68. The van der Waals surface area contributed by atoms with Crippen molar-refractivity contribution in [1.82, 2.24) is 20.1 Å². The van der Waals surface area contributed by atoms with E-state index in [0.29, 0.717) is 13.0 Å². The van der Waals surface area contributed by atoms with Gasteiger partial charge in [-0.25, -0.2) is 4.79 Å². The van der Waals surface area contributed by atoms with Crippen molar-refractivity contribution in [2.24, 2.45) is 5.41 Å². The van der Waals surface area contributed by atoms with Gasteiger partial charge in [0.1, 0.15) is 0 Å². The molecular formula is C20H30N4O2. The standard InChI is InChI=1S/C20H30N4O2/c1-2-11-22-19(26)24-13-5-9-20(16-24)10-7-18(25)23(15-20)14-8-17-6-3-4-12-21-17/h3-4,6,12H,2,5,7-11,13-16H2,1H3,(H,22,26)/t20-/m0/s1. The Bertz CT molecular complexity index is 621. The number of carbonyl (C=O) groups excluding carboxylic acids is 2. The lowest BCUT2D eigenvalue weighted by Gasteiger charge is -2.48. The van der Waals surface area contributed by atoms with Crippen LogP contribution in [0, 0.1) is 5.41 Å². The molecule has 3 heterocycles. The van der Waals surface area contributed by atoms with Gasteiger partial charge < -0.3 is 15.1 Å². The predicted molar refractivity (Wildman–Crippen MR) is 101 cm³/mol. The number of hydrogen-bond acceptors (Lipinski definition) is 3. The van der Waals surface area contributed by atoms with Gasteiger partial charge in [0.2, 0.25) is 5.91 Å². The molecule has 1 aromatic heterocycles. The molecule has 0 aromatic carbocycles. The zero-order chi connectivity index (χ0) is 18.4. The first-order chi connectivity index (χ1) is 12.6. The molecule has 0 unspecified atom stereocenters. The van der Waals surface area contributed by atoms with Crippen LogP contribution in [0.4, 0.5) is 4.79 Å². The summed E-state index contributed by atoms with van der Waals surface area (Å²) in [5.41, 5.74) is 1.07. The number of aromatic nitrogens is 1. The quantitative estimate of drug-likeness (QED) is 0.879. The first kappa shape index (κ1) is 18.7. The molecule has 2 aliphatic rings. The lowest BCUT2D eigenvalue weighted by molar-refractivity contribution is -0.138. The molecule has 2 saturated heterocycles. The van der Waals surface area contributed by atoms with Crippen LogP contribution in [-0.2, 0) is 11.2 Å². The van der Waals surface area contributed by atoms with Crippen molar-refractivity contribution in [2.45, 2.75) is 45.4 Å². The second kappa shape index (κ2) is 8.52. The summed E-state index contributed by atoms with van der Waals surface area (Å²) < 4.78 is 0. The highest BCUT2D eigenvalue weighted by atomic mass is 16.2. The Morgan fingerprint density at radius 2 is 2.19 bits per heavy atom. The maximum absolute atomic E-state index is 12.4. The normalized spacial score (nSPS) is 23.3. The minimum Gasteiger partial charge on any atom is -0.342 e. The van der Waals surface area contributed by atoms with Crippen molar-refractivity contribution in [3.8, 4) is 0 Å². The smallest absolute Gasteiger partial charge is 0.317 e. The van der Waals surface area contributed by atoms with Crippen LogP contribution in [-0.4, -0.2) is 59.4 Å². The summed E-state index contributed by atoms with van der Waals surface area (Å²) in [5, 5.41) is 2.99. The van der Waals surface area contributed by atoms with Gasteiger partial charge in [0.25, 0.3) is 0 Å². The van der Waals surface area contributed by atoms with Gasteiger partial charge in [-0.3, -0.25) is 9.78 Å². The average molecular weight is 358 g/mol. The highest BCUT2D eigenvalue weighted by molar-refractivity contribution is 5.77. The van der Waals surface area contributed by atoms with Crippen LogP contribution in [0.25, 0.3) is 0 Å². The third-order valence-corrected chi connectivity index (χ3v) is 5.59. The van der Waals surface area contributed by atoms with Crippen LogP contribution in [0.3, 0.4) is 0 Å². The van der Waals surface area contributed by atoms with E-state index >= 15 is 0 Å². The third kappa shape index (κ3) is 4.54. The minimum absolute atomic E-state index is 0.0443. The van der Waals surface area contributed by atoms with Crippen LogP contribution >= 0.6 is 0 Å². The lowest BCUT2D eigenvalue weighted by atomic mass is 9.73. The fourth-order valence-corrected chi connectivity index (χ4v) is 4.16. The molecule has 0 saturated carbocycles. The van der Waals surface area contributed by atoms with Gasteiger partial charge in [0, 0.05) is 62.9 Å². The van der Waals surface area contributed by atoms with Crippen molar-refractivity contribution >= 4 is 11.9 Å². The maximum atomic E-state index is 12.4. The lowest BCUT2D eigenvalue weighted by Crippen LogP contribution is -2.56. The van der Waals surface area contributed by atoms with Crippen LogP contribution < -0.4 is 5.32 Å². The number of likely N-dealkylation sites (tertiary alicyclic amines) is 2. The Balaban J connectivity index is 1.60. The zero-order valence-electron chi connectivity index (χ0n) is 15.7. The van der Waals surface area contributed by atoms with E-state index < -0.39 is 0 Å². The fourth-order valence-electron chi connectivity index (χ4n) is 4.16. The summed E-state index contributed by atoms with van der Waals surface area (Å²) in [6.45, 7) is 5.83. The molecule has 0 aliphatic carbocycles. The Morgan fingerprint density at radius 1 is 1.31 bits per heavy atom. The number of piperidine rings is 2. The topological polar surface area (TPSA) is 65.5 Å². The van der Waals surface area contributed by atoms with E-state index in [0.717, 1.165) is 64.0 Å². The first-order valence-corrected chi connectivity index (χ1v) is 9.82. The second-order valence-electron chi connectivity index (χ2n) is 7.64. The Morgan fingerprint density at radius 3 is 2.96 bits per heavy atom. The summed E-state index contributed by atoms with van der Waals surface area (Å²) >= 11 is 0. The van der Waals surface area contributed by atoms with Gasteiger partial charge in [0.05, 0.1) is 0 Å². The molecule has 6 nitrogen and oxygen atoms in total. The van der Waals surface area contributed by atoms with E-state index in [4.69, 9.17) is 0 Å². The number of urea groups is 1. The number of amides is 3. The molecule has 0 radical (unpaired) electrons. The highest BCUT2D eigenvalue weighted by Gasteiger charge is 2.42. The van der Waals surface area contributed by atoms with E-state index in [2.05, 4.69) is 17.2 Å². The van der Waals surface area contributed by atoms with Gasteiger partial charge in [0.15, 0.2) is 0 Å². The number of hydrogen-bond donors (Lipinski definition) is 1. The van der Waals surface area contributed by atoms with Crippen molar-refractivity contribution in [3.63, 3.8) is 0 Å². The van der Waals surface area contributed by atoms with Crippen molar-refractivity contribution in [1.29, 1.82) is 0 Å². The molecule has 3 rings (SSSR count). The predicted octanol–water partition coefficient (Wildman–Crippen LogP) is 2.45. The number of carbonyl (C=O) groups is 2. The zero-order valence-corrected chi connectivity index (χ0v) is 15.7. The van der Waals surface area contributed by atoms with E-state index in [1.54, 1.807) is 6.20 Å². The third-order valence-electron chi connectivity index (χ3n) is 5.59. The molecule has 0 bridgehead atoms. The number of pyridine rings is 1. The molecule has 3 amide bonds. The van der Waals surface area contributed by atoms with Gasteiger partial charge >= 0.3 is 6.03 Å². The molecule has 1 N–H and O–H groups in total. The van der Waals surface area contributed by atoms with E-state index in [1.165, 1.54) is 0 Å². The fraction of sp³-hybridized carbons (Fsp3) is 0.650. The Labute approximate surface area is 156 Å². The monoisotopic (exact) mass is 358 g/mol. The van der Waals surface area contributed by atoms with Crippen molar-refractivity contribution in [3.05, 3.63) is 30.1 Å². The minimum atomic E-state index is 0.0443. The van der Waals surface area contributed by atoms with Crippen LogP contribution in [0.2, 0.25) is 0 Å². The van der Waals surface area contributed by atoms with Crippen LogP contribution in [0.1, 0.15) is 44.7 Å².